The first kappa shape index (κ1) is 23.1. The van der Waals surface area contributed by atoms with E-state index in [0.717, 1.165) is 5.56 Å². The molecule has 0 fully saturated rings. The van der Waals surface area contributed by atoms with Gasteiger partial charge in [-0.2, -0.15) is 8.78 Å². The van der Waals surface area contributed by atoms with Crippen molar-refractivity contribution in [2.75, 3.05) is 14.2 Å². The van der Waals surface area contributed by atoms with E-state index in [1.54, 1.807) is 30.3 Å². The highest BCUT2D eigenvalue weighted by Crippen LogP contribution is 2.39. The normalized spacial score (nSPS) is 12.7. The van der Waals surface area contributed by atoms with Gasteiger partial charge in [-0.25, -0.2) is 4.79 Å². The van der Waals surface area contributed by atoms with Crippen LogP contribution in [0.1, 0.15) is 34.8 Å². The van der Waals surface area contributed by atoms with Crippen LogP contribution in [0, 0.1) is 0 Å². The van der Waals surface area contributed by atoms with Gasteiger partial charge in [0.25, 0.3) is 0 Å². The Morgan fingerprint density at radius 2 is 1.50 bits per heavy atom. The van der Waals surface area contributed by atoms with E-state index in [9.17, 15) is 13.6 Å². The molecule has 0 bridgehead atoms. The van der Waals surface area contributed by atoms with Crippen LogP contribution in [0.15, 0.2) is 72.8 Å². The molecule has 0 spiro atoms. The minimum absolute atomic E-state index is 0.0213. The smallest absolute Gasteiger partial charge is 0.387 e. The topological polar surface area (TPSA) is 54.0 Å². The SMILES string of the molecule is CCC(OC(=O)c1ccc(OC)c(OC)c1)(c1ccccc1)c1ccc(OC(F)F)cc1. The van der Waals surface area contributed by atoms with E-state index in [2.05, 4.69) is 4.74 Å². The van der Waals surface area contributed by atoms with Crippen LogP contribution in [0.5, 0.6) is 17.2 Å². The number of carbonyl (C=O) groups is 1. The summed E-state index contributed by atoms with van der Waals surface area (Å²) >= 11 is 0. The summed E-state index contributed by atoms with van der Waals surface area (Å²) in [4.78, 5) is 13.2. The Bertz CT molecular complexity index is 1040. The molecule has 0 saturated carbocycles. The van der Waals surface area contributed by atoms with Crippen molar-refractivity contribution in [1.29, 1.82) is 0 Å². The predicted octanol–water partition coefficient (Wildman–Crippen LogP) is 5.82. The number of carbonyl (C=O) groups excluding carboxylic acids is 1. The van der Waals surface area contributed by atoms with Crippen LogP contribution in [0.4, 0.5) is 8.78 Å². The minimum atomic E-state index is -2.92. The van der Waals surface area contributed by atoms with Crippen LogP contribution in [-0.4, -0.2) is 26.8 Å². The average molecular weight is 442 g/mol. The van der Waals surface area contributed by atoms with Crippen molar-refractivity contribution in [3.63, 3.8) is 0 Å². The Hall–Kier alpha value is -3.61. The molecule has 168 valence electrons. The van der Waals surface area contributed by atoms with Crippen LogP contribution < -0.4 is 14.2 Å². The first-order valence-corrected chi connectivity index (χ1v) is 9.99. The lowest BCUT2D eigenvalue weighted by Crippen LogP contribution is -2.33. The standard InChI is InChI=1S/C25H24F2O5/c1-4-25(18-8-6-5-7-9-18,19-11-13-20(14-12-19)31-24(26)27)32-23(28)17-10-15-21(29-2)22(16-17)30-3/h5-16,24H,4H2,1-3H3. The van der Waals surface area contributed by atoms with Crippen LogP contribution in [0.3, 0.4) is 0 Å². The van der Waals surface area contributed by atoms with Gasteiger partial charge < -0.3 is 18.9 Å². The molecular formula is C25H24F2O5. The zero-order valence-corrected chi connectivity index (χ0v) is 18.0. The molecule has 0 saturated heterocycles. The second kappa shape index (κ2) is 10.1. The van der Waals surface area contributed by atoms with Gasteiger partial charge >= 0.3 is 12.6 Å². The van der Waals surface area contributed by atoms with E-state index in [0.29, 0.717) is 23.5 Å². The number of esters is 1. The largest absolute Gasteiger partial charge is 0.493 e. The van der Waals surface area contributed by atoms with Gasteiger partial charge in [0.15, 0.2) is 17.1 Å². The van der Waals surface area contributed by atoms with Gasteiger partial charge in [-0.1, -0.05) is 49.4 Å². The monoisotopic (exact) mass is 442 g/mol. The molecule has 5 nitrogen and oxygen atoms in total. The summed E-state index contributed by atoms with van der Waals surface area (Å²) < 4.78 is 46.2. The minimum Gasteiger partial charge on any atom is -0.493 e. The summed E-state index contributed by atoms with van der Waals surface area (Å²) in [5, 5.41) is 0. The summed E-state index contributed by atoms with van der Waals surface area (Å²) in [6.07, 6.45) is 0.408. The predicted molar refractivity (Wildman–Crippen MR) is 116 cm³/mol. The lowest BCUT2D eigenvalue weighted by atomic mass is 9.83. The highest BCUT2D eigenvalue weighted by atomic mass is 19.3. The highest BCUT2D eigenvalue weighted by molar-refractivity contribution is 5.91. The Labute approximate surface area is 185 Å². The molecule has 3 aromatic rings. The summed E-state index contributed by atoms with van der Waals surface area (Å²) in [5.41, 5.74) is 0.518. The van der Waals surface area contributed by atoms with E-state index in [-0.39, 0.29) is 11.3 Å². The van der Waals surface area contributed by atoms with Gasteiger partial charge in [-0.3, -0.25) is 0 Å². The van der Waals surface area contributed by atoms with E-state index in [1.165, 1.54) is 26.4 Å². The van der Waals surface area contributed by atoms with E-state index in [4.69, 9.17) is 14.2 Å². The van der Waals surface area contributed by atoms with Gasteiger partial charge in [-0.05, 0) is 36.8 Å². The molecule has 32 heavy (non-hydrogen) atoms. The molecule has 0 heterocycles. The van der Waals surface area contributed by atoms with Gasteiger partial charge in [0.2, 0.25) is 0 Å². The Morgan fingerprint density at radius 1 is 0.875 bits per heavy atom. The number of methoxy groups -OCH3 is 2. The van der Waals surface area contributed by atoms with E-state index >= 15 is 0 Å². The fourth-order valence-electron chi connectivity index (χ4n) is 3.56. The first-order chi connectivity index (χ1) is 15.4. The lowest BCUT2D eigenvalue weighted by Gasteiger charge is -2.34. The van der Waals surface area contributed by atoms with Crippen molar-refractivity contribution in [1.82, 2.24) is 0 Å². The Balaban J connectivity index is 2.03. The summed E-state index contributed by atoms with van der Waals surface area (Å²) in [6, 6.07) is 20.1. The molecule has 0 amide bonds. The molecule has 0 aliphatic heterocycles. The molecule has 0 aliphatic carbocycles. The highest BCUT2D eigenvalue weighted by Gasteiger charge is 2.37. The quantitative estimate of drug-likeness (QED) is 0.391. The molecule has 1 unspecified atom stereocenters. The fraction of sp³-hybridized carbons (Fsp3) is 0.240. The Kier molecular flexibility index (Phi) is 7.30. The maximum absolute atomic E-state index is 13.2. The van der Waals surface area contributed by atoms with Crippen LogP contribution in [-0.2, 0) is 10.3 Å². The number of rotatable bonds is 9. The third-order valence-electron chi connectivity index (χ3n) is 5.17. The van der Waals surface area contributed by atoms with Crippen molar-refractivity contribution in [2.24, 2.45) is 0 Å². The van der Waals surface area contributed by atoms with Crippen molar-refractivity contribution in [3.05, 3.63) is 89.5 Å². The fourth-order valence-corrected chi connectivity index (χ4v) is 3.56. The van der Waals surface area contributed by atoms with Gasteiger partial charge in [0, 0.05) is 11.1 Å². The van der Waals surface area contributed by atoms with Gasteiger partial charge in [-0.15, -0.1) is 0 Å². The molecule has 7 heteroatoms. The second-order valence-corrected chi connectivity index (χ2v) is 6.91. The number of alkyl halides is 2. The van der Waals surface area contributed by atoms with Crippen molar-refractivity contribution in [3.8, 4) is 17.2 Å². The van der Waals surface area contributed by atoms with E-state index in [1.807, 2.05) is 37.3 Å². The molecule has 0 radical (unpaired) electrons. The summed E-state index contributed by atoms with van der Waals surface area (Å²) in [6.45, 7) is -1.04. The second-order valence-electron chi connectivity index (χ2n) is 6.91. The van der Waals surface area contributed by atoms with Crippen LogP contribution >= 0.6 is 0 Å². The third kappa shape index (κ3) is 4.82. The maximum atomic E-state index is 13.2. The van der Waals surface area contributed by atoms with Crippen LogP contribution in [0.2, 0.25) is 0 Å². The molecule has 3 aromatic carbocycles. The number of hydrogen-bond donors (Lipinski definition) is 0. The average Bonchev–Trinajstić information content (AvgIpc) is 2.82. The zero-order valence-electron chi connectivity index (χ0n) is 18.0. The third-order valence-corrected chi connectivity index (χ3v) is 5.17. The molecule has 0 aromatic heterocycles. The molecule has 1 atom stereocenters. The maximum Gasteiger partial charge on any atom is 0.387 e. The van der Waals surface area contributed by atoms with Crippen molar-refractivity contribution in [2.45, 2.75) is 25.6 Å². The van der Waals surface area contributed by atoms with Crippen molar-refractivity contribution < 1.29 is 32.5 Å². The summed E-state index contributed by atoms with van der Waals surface area (Å²) in [7, 11) is 2.99. The number of halogens is 2. The zero-order chi connectivity index (χ0) is 23.1. The molecule has 0 aliphatic rings. The molecular weight excluding hydrogens is 418 g/mol. The van der Waals surface area contributed by atoms with E-state index < -0.39 is 18.2 Å². The summed E-state index contributed by atoms with van der Waals surface area (Å²) in [5.74, 6) is 0.346. The lowest BCUT2D eigenvalue weighted by molar-refractivity contribution is -0.0498. The van der Waals surface area contributed by atoms with Crippen LogP contribution in [0.25, 0.3) is 0 Å². The number of ether oxygens (including phenoxy) is 4. The molecule has 0 N–H and O–H groups in total. The van der Waals surface area contributed by atoms with Gasteiger partial charge in [0.05, 0.1) is 19.8 Å². The van der Waals surface area contributed by atoms with Gasteiger partial charge in [0.1, 0.15) is 5.75 Å². The molecule has 3 rings (SSSR count). The number of hydrogen-bond acceptors (Lipinski definition) is 5. The van der Waals surface area contributed by atoms with Crippen molar-refractivity contribution >= 4 is 5.97 Å². The first-order valence-electron chi connectivity index (χ1n) is 9.99. The number of benzene rings is 3. The Morgan fingerprint density at radius 3 is 2.06 bits per heavy atom.